The van der Waals surface area contributed by atoms with E-state index in [1.54, 1.807) is 48.5 Å². The van der Waals surface area contributed by atoms with Crippen LogP contribution in [0.4, 0.5) is 0 Å². The summed E-state index contributed by atoms with van der Waals surface area (Å²) in [5.41, 5.74) is 1.37. The maximum absolute atomic E-state index is 12.6. The van der Waals surface area contributed by atoms with Gasteiger partial charge in [-0.25, -0.2) is 0 Å². The van der Waals surface area contributed by atoms with Gasteiger partial charge in [0.15, 0.2) is 11.6 Å². The number of para-hydroxylation sites is 1. The number of ketones is 2. The first kappa shape index (κ1) is 15.7. The molecular weight excluding hydrogens is 300 g/mol. The molecule has 0 heterocycles. The summed E-state index contributed by atoms with van der Waals surface area (Å²) in [5, 5.41) is 0. The van der Waals surface area contributed by atoms with Crippen LogP contribution < -0.4 is 4.74 Å². The summed E-state index contributed by atoms with van der Waals surface area (Å²) in [6.45, 7) is 1.46. The van der Waals surface area contributed by atoms with Crippen LogP contribution in [0.15, 0.2) is 78.9 Å². The van der Waals surface area contributed by atoms with Crippen molar-refractivity contribution in [1.29, 1.82) is 0 Å². The maximum atomic E-state index is 12.6. The Bertz CT molecular complexity index is 865. The number of hydrogen-bond donors (Lipinski definition) is 0. The molecule has 3 aromatic carbocycles. The second-order valence-electron chi connectivity index (χ2n) is 5.37. The minimum atomic E-state index is -0.174. The molecular formula is C21H16O3. The van der Waals surface area contributed by atoms with Crippen LogP contribution in [0.3, 0.4) is 0 Å². The molecule has 3 rings (SSSR count). The fourth-order valence-corrected chi connectivity index (χ4v) is 2.44. The Labute approximate surface area is 140 Å². The third kappa shape index (κ3) is 3.41. The van der Waals surface area contributed by atoms with Crippen LogP contribution in [-0.4, -0.2) is 11.6 Å². The van der Waals surface area contributed by atoms with Crippen molar-refractivity contribution in [2.24, 2.45) is 0 Å². The van der Waals surface area contributed by atoms with Crippen molar-refractivity contribution < 1.29 is 14.3 Å². The molecule has 3 nitrogen and oxygen atoms in total. The number of rotatable bonds is 5. The quantitative estimate of drug-likeness (QED) is 0.628. The minimum absolute atomic E-state index is 0.122. The number of carbonyl (C=O) groups excluding carboxylic acids is 2. The van der Waals surface area contributed by atoms with Crippen molar-refractivity contribution in [3.8, 4) is 11.5 Å². The van der Waals surface area contributed by atoms with E-state index >= 15 is 0 Å². The second-order valence-corrected chi connectivity index (χ2v) is 5.37. The topological polar surface area (TPSA) is 43.4 Å². The van der Waals surface area contributed by atoms with Gasteiger partial charge in [0.25, 0.3) is 0 Å². The molecule has 3 aromatic rings. The van der Waals surface area contributed by atoms with E-state index in [-0.39, 0.29) is 11.6 Å². The van der Waals surface area contributed by atoms with Gasteiger partial charge in [-0.1, -0.05) is 42.5 Å². The highest BCUT2D eigenvalue weighted by Gasteiger charge is 2.15. The summed E-state index contributed by atoms with van der Waals surface area (Å²) in [5.74, 6) is 1.09. The van der Waals surface area contributed by atoms with E-state index in [0.717, 1.165) is 5.75 Å². The summed E-state index contributed by atoms with van der Waals surface area (Å²) in [4.78, 5) is 24.3. The standard InChI is InChI=1S/C21H16O3/c1-15(22)19-9-5-6-10-20(19)21(23)16-11-13-18(14-12-16)24-17-7-3-2-4-8-17/h2-14H,1H3. The summed E-state index contributed by atoms with van der Waals surface area (Å²) >= 11 is 0. The molecule has 24 heavy (non-hydrogen) atoms. The first-order valence-corrected chi connectivity index (χ1v) is 7.63. The van der Waals surface area contributed by atoms with E-state index in [9.17, 15) is 9.59 Å². The van der Waals surface area contributed by atoms with E-state index in [1.807, 2.05) is 30.3 Å². The highest BCUT2D eigenvalue weighted by Crippen LogP contribution is 2.22. The molecule has 0 bridgehead atoms. The Kier molecular flexibility index (Phi) is 4.52. The number of benzene rings is 3. The van der Waals surface area contributed by atoms with Crippen LogP contribution in [0.1, 0.15) is 33.2 Å². The zero-order chi connectivity index (χ0) is 16.9. The van der Waals surface area contributed by atoms with Gasteiger partial charge in [-0.3, -0.25) is 9.59 Å². The summed E-state index contributed by atoms with van der Waals surface area (Å²) in [6.07, 6.45) is 0. The van der Waals surface area contributed by atoms with Crippen molar-refractivity contribution in [3.05, 3.63) is 95.6 Å². The van der Waals surface area contributed by atoms with Gasteiger partial charge in [-0.2, -0.15) is 0 Å². The van der Waals surface area contributed by atoms with E-state index < -0.39 is 0 Å². The van der Waals surface area contributed by atoms with Gasteiger partial charge in [0.1, 0.15) is 11.5 Å². The molecule has 0 radical (unpaired) electrons. The molecule has 118 valence electrons. The average Bonchev–Trinajstić information content (AvgIpc) is 2.62. The first-order valence-electron chi connectivity index (χ1n) is 7.63. The Morgan fingerprint density at radius 1 is 0.667 bits per heavy atom. The average molecular weight is 316 g/mol. The zero-order valence-corrected chi connectivity index (χ0v) is 13.2. The van der Waals surface area contributed by atoms with E-state index in [4.69, 9.17) is 4.74 Å². The third-order valence-corrected chi connectivity index (χ3v) is 3.65. The Morgan fingerprint density at radius 2 is 1.21 bits per heavy atom. The largest absolute Gasteiger partial charge is 0.457 e. The molecule has 0 saturated heterocycles. The fraction of sp³-hybridized carbons (Fsp3) is 0.0476. The molecule has 0 aliphatic heterocycles. The van der Waals surface area contributed by atoms with Crippen LogP contribution in [0, 0.1) is 0 Å². The number of ether oxygens (including phenoxy) is 1. The van der Waals surface area contributed by atoms with Gasteiger partial charge in [0.05, 0.1) is 0 Å². The monoisotopic (exact) mass is 316 g/mol. The lowest BCUT2D eigenvalue weighted by Crippen LogP contribution is -2.08. The predicted octanol–water partition coefficient (Wildman–Crippen LogP) is 4.91. The number of carbonyl (C=O) groups is 2. The fourth-order valence-electron chi connectivity index (χ4n) is 2.44. The van der Waals surface area contributed by atoms with Crippen molar-refractivity contribution in [2.75, 3.05) is 0 Å². The smallest absolute Gasteiger partial charge is 0.193 e. The van der Waals surface area contributed by atoms with Crippen LogP contribution in [-0.2, 0) is 0 Å². The molecule has 0 N–H and O–H groups in total. The Hall–Kier alpha value is -3.20. The molecule has 0 aliphatic rings. The first-order chi connectivity index (χ1) is 11.6. The van der Waals surface area contributed by atoms with Crippen molar-refractivity contribution in [3.63, 3.8) is 0 Å². The van der Waals surface area contributed by atoms with Crippen molar-refractivity contribution in [1.82, 2.24) is 0 Å². The summed E-state index contributed by atoms with van der Waals surface area (Å²) in [7, 11) is 0. The van der Waals surface area contributed by atoms with Crippen LogP contribution in [0.25, 0.3) is 0 Å². The van der Waals surface area contributed by atoms with Gasteiger partial charge >= 0.3 is 0 Å². The van der Waals surface area contributed by atoms with E-state index in [1.165, 1.54) is 6.92 Å². The van der Waals surface area contributed by atoms with Crippen molar-refractivity contribution in [2.45, 2.75) is 6.92 Å². The van der Waals surface area contributed by atoms with Crippen LogP contribution >= 0.6 is 0 Å². The number of Topliss-reactive ketones (excluding diaryl/α,β-unsaturated/α-hetero) is 1. The lowest BCUT2D eigenvalue weighted by molar-refractivity contribution is 0.0990. The second kappa shape index (κ2) is 6.92. The minimum Gasteiger partial charge on any atom is -0.457 e. The van der Waals surface area contributed by atoms with Gasteiger partial charge < -0.3 is 4.74 Å². The zero-order valence-electron chi connectivity index (χ0n) is 13.2. The molecule has 0 aliphatic carbocycles. The Balaban J connectivity index is 1.83. The SMILES string of the molecule is CC(=O)c1ccccc1C(=O)c1ccc(Oc2ccccc2)cc1. The van der Waals surface area contributed by atoms with Crippen LogP contribution in [0.2, 0.25) is 0 Å². The number of hydrogen-bond acceptors (Lipinski definition) is 3. The van der Waals surface area contributed by atoms with Gasteiger partial charge in [0, 0.05) is 16.7 Å². The van der Waals surface area contributed by atoms with Gasteiger partial charge in [-0.15, -0.1) is 0 Å². The molecule has 0 atom stereocenters. The van der Waals surface area contributed by atoms with Gasteiger partial charge in [-0.05, 0) is 43.3 Å². The Morgan fingerprint density at radius 3 is 1.83 bits per heavy atom. The van der Waals surface area contributed by atoms with E-state index in [2.05, 4.69) is 0 Å². The van der Waals surface area contributed by atoms with E-state index in [0.29, 0.717) is 22.4 Å². The van der Waals surface area contributed by atoms with Gasteiger partial charge in [0.2, 0.25) is 0 Å². The summed E-state index contributed by atoms with van der Waals surface area (Å²) < 4.78 is 5.72. The molecule has 0 saturated carbocycles. The predicted molar refractivity (Wildman–Crippen MR) is 92.8 cm³/mol. The highest BCUT2D eigenvalue weighted by molar-refractivity contribution is 6.15. The normalized spacial score (nSPS) is 10.2. The maximum Gasteiger partial charge on any atom is 0.193 e. The molecule has 0 unspecified atom stereocenters. The molecule has 0 aromatic heterocycles. The highest BCUT2D eigenvalue weighted by atomic mass is 16.5. The summed E-state index contributed by atoms with van der Waals surface area (Å²) in [6, 6.07) is 23.2. The lowest BCUT2D eigenvalue weighted by atomic mass is 9.96. The van der Waals surface area contributed by atoms with Crippen LogP contribution in [0.5, 0.6) is 11.5 Å². The molecule has 0 amide bonds. The molecule has 0 fully saturated rings. The third-order valence-electron chi connectivity index (χ3n) is 3.65. The molecule has 3 heteroatoms. The molecule has 0 spiro atoms. The van der Waals surface area contributed by atoms with Crippen molar-refractivity contribution >= 4 is 11.6 Å². The lowest BCUT2D eigenvalue weighted by Gasteiger charge is -2.08.